The quantitative estimate of drug-likeness (QED) is 0.565. The van der Waals surface area contributed by atoms with Gasteiger partial charge in [0.2, 0.25) is 0 Å². The van der Waals surface area contributed by atoms with Crippen molar-refractivity contribution in [3.8, 4) is 0 Å². The standard InChI is InChI=1S/C13H21Br2NS/c1-2-8-16-9-6-4-3-5-7-11-10-12(14)17-13(11)15/h10,16H,2-9H2,1H3. The second kappa shape index (κ2) is 9.54. The maximum Gasteiger partial charge on any atom is 0.0742 e. The van der Waals surface area contributed by atoms with Crippen LogP contribution in [-0.2, 0) is 6.42 Å². The van der Waals surface area contributed by atoms with Gasteiger partial charge in [-0.3, -0.25) is 0 Å². The van der Waals surface area contributed by atoms with Crippen molar-refractivity contribution >= 4 is 43.2 Å². The number of aryl methyl sites for hydroxylation is 1. The van der Waals surface area contributed by atoms with Crippen LogP contribution in [0.25, 0.3) is 0 Å². The minimum atomic E-state index is 1.16. The van der Waals surface area contributed by atoms with E-state index >= 15 is 0 Å². The minimum Gasteiger partial charge on any atom is -0.317 e. The fraction of sp³-hybridized carbons (Fsp3) is 0.692. The second-order valence-electron chi connectivity index (χ2n) is 4.26. The molecule has 0 bridgehead atoms. The Morgan fingerprint density at radius 2 is 1.88 bits per heavy atom. The van der Waals surface area contributed by atoms with E-state index in [1.54, 1.807) is 11.3 Å². The van der Waals surface area contributed by atoms with Crippen molar-refractivity contribution in [1.82, 2.24) is 5.32 Å². The predicted molar refractivity (Wildman–Crippen MR) is 85.1 cm³/mol. The molecule has 0 fully saturated rings. The SMILES string of the molecule is CCCNCCCCCCc1cc(Br)sc1Br. The lowest BCUT2D eigenvalue weighted by molar-refractivity contribution is 0.585. The molecule has 0 aliphatic rings. The van der Waals surface area contributed by atoms with E-state index in [9.17, 15) is 0 Å². The average molecular weight is 383 g/mol. The van der Waals surface area contributed by atoms with Crippen LogP contribution in [0.2, 0.25) is 0 Å². The normalized spacial score (nSPS) is 11.0. The molecular weight excluding hydrogens is 362 g/mol. The molecule has 1 heterocycles. The fourth-order valence-electron chi connectivity index (χ4n) is 1.77. The van der Waals surface area contributed by atoms with Gasteiger partial charge in [-0.25, -0.2) is 0 Å². The molecule has 0 aromatic carbocycles. The molecule has 1 rings (SSSR count). The molecule has 0 aliphatic carbocycles. The third-order valence-corrected chi connectivity index (χ3v) is 5.17. The van der Waals surface area contributed by atoms with Gasteiger partial charge in [0.25, 0.3) is 0 Å². The van der Waals surface area contributed by atoms with Crippen molar-refractivity contribution in [3.05, 3.63) is 19.2 Å². The van der Waals surface area contributed by atoms with Crippen LogP contribution >= 0.6 is 43.2 Å². The van der Waals surface area contributed by atoms with Crippen LogP contribution in [-0.4, -0.2) is 13.1 Å². The second-order valence-corrected chi connectivity index (χ2v) is 8.01. The number of hydrogen-bond donors (Lipinski definition) is 1. The molecule has 0 saturated heterocycles. The Bertz CT molecular complexity index is 312. The van der Waals surface area contributed by atoms with Crippen LogP contribution in [0.5, 0.6) is 0 Å². The Morgan fingerprint density at radius 1 is 1.12 bits per heavy atom. The Hall–Kier alpha value is 0.620. The van der Waals surface area contributed by atoms with Crippen LogP contribution < -0.4 is 5.32 Å². The first-order valence-corrected chi connectivity index (χ1v) is 8.78. The maximum atomic E-state index is 3.61. The summed E-state index contributed by atoms with van der Waals surface area (Å²) >= 11 is 8.90. The monoisotopic (exact) mass is 381 g/mol. The summed E-state index contributed by atoms with van der Waals surface area (Å²) in [6, 6.07) is 2.23. The van der Waals surface area contributed by atoms with Gasteiger partial charge in [0.15, 0.2) is 0 Å². The highest BCUT2D eigenvalue weighted by Crippen LogP contribution is 2.32. The molecule has 0 amide bonds. The summed E-state index contributed by atoms with van der Waals surface area (Å²) in [7, 11) is 0. The van der Waals surface area contributed by atoms with Crippen molar-refractivity contribution in [1.29, 1.82) is 0 Å². The van der Waals surface area contributed by atoms with E-state index in [-0.39, 0.29) is 0 Å². The Labute approximate surface area is 126 Å². The van der Waals surface area contributed by atoms with Gasteiger partial charge in [-0.15, -0.1) is 11.3 Å². The van der Waals surface area contributed by atoms with Crippen LogP contribution in [0.4, 0.5) is 0 Å². The predicted octanol–water partition coefficient (Wildman–Crippen LogP) is 5.38. The lowest BCUT2D eigenvalue weighted by Crippen LogP contribution is -2.15. The molecule has 0 spiro atoms. The fourth-order valence-corrected chi connectivity index (χ4v) is 4.68. The molecular formula is C13H21Br2NS. The van der Waals surface area contributed by atoms with Gasteiger partial charge in [0, 0.05) is 0 Å². The van der Waals surface area contributed by atoms with Crippen molar-refractivity contribution < 1.29 is 0 Å². The summed E-state index contributed by atoms with van der Waals surface area (Å²) in [4.78, 5) is 0. The summed E-state index contributed by atoms with van der Waals surface area (Å²) in [5.74, 6) is 0. The zero-order chi connectivity index (χ0) is 12.5. The van der Waals surface area contributed by atoms with E-state index in [0.717, 1.165) is 6.54 Å². The van der Waals surface area contributed by atoms with Crippen molar-refractivity contribution in [2.24, 2.45) is 0 Å². The number of unbranched alkanes of at least 4 members (excludes halogenated alkanes) is 3. The van der Waals surface area contributed by atoms with Crippen LogP contribution in [0.1, 0.15) is 44.6 Å². The lowest BCUT2D eigenvalue weighted by Gasteiger charge is -2.03. The number of rotatable bonds is 9. The third-order valence-electron chi connectivity index (χ3n) is 2.70. The van der Waals surface area contributed by atoms with Gasteiger partial charge in [0.05, 0.1) is 7.57 Å². The molecule has 0 aliphatic heterocycles. The van der Waals surface area contributed by atoms with E-state index in [1.165, 1.54) is 58.2 Å². The molecule has 4 heteroatoms. The molecule has 0 saturated carbocycles. The van der Waals surface area contributed by atoms with E-state index in [2.05, 4.69) is 50.2 Å². The molecule has 98 valence electrons. The summed E-state index contributed by atoms with van der Waals surface area (Å²) in [6.07, 6.45) is 7.74. The molecule has 1 N–H and O–H groups in total. The number of thiophene rings is 1. The van der Waals surface area contributed by atoms with E-state index in [0.29, 0.717) is 0 Å². The number of hydrogen-bond acceptors (Lipinski definition) is 2. The largest absolute Gasteiger partial charge is 0.317 e. The van der Waals surface area contributed by atoms with Gasteiger partial charge in [0.1, 0.15) is 0 Å². The first-order valence-electron chi connectivity index (χ1n) is 6.38. The van der Waals surface area contributed by atoms with E-state index in [1.807, 2.05) is 0 Å². The van der Waals surface area contributed by atoms with Crippen molar-refractivity contribution in [2.75, 3.05) is 13.1 Å². The van der Waals surface area contributed by atoms with Gasteiger partial charge >= 0.3 is 0 Å². The Kier molecular flexibility index (Phi) is 8.79. The first-order chi connectivity index (χ1) is 8.24. The van der Waals surface area contributed by atoms with Gasteiger partial charge < -0.3 is 5.32 Å². The zero-order valence-electron chi connectivity index (χ0n) is 10.4. The zero-order valence-corrected chi connectivity index (χ0v) is 14.4. The van der Waals surface area contributed by atoms with Crippen LogP contribution in [0.3, 0.4) is 0 Å². The smallest absolute Gasteiger partial charge is 0.0742 e. The third kappa shape index (κ3) is 6.94. The molecule has 17 heavy (non-hydrogen) atoms. The van der Waals surface area contributed by atoms with Crippen LogP contribution in [0, 0.1) is 0 Å². The van der Waals surface area contributed by atoms with E-state index in [4.69, 9.17) is 0 Å². The highest BCUT2D eigenvalue weighted by molar-refractivity contribution is 9.12. The van der Waals surface area contributed by atoms with Gasteiger partial charge in [-0.05, 0) is 82.3 Å². The molecule has 0 radical (unpaired) electrons. The Morgan fingerprint density at radius 3 is 2.53 bits per heavy atom. The highest BCUT2D eigenvalue weighted by Gasteiger charge is 2.04. The lowest BCUT2D eigenvalue weighted by atomic mass is 10.1. The molecule has 1 nitrogen and oxygen atoms in total. The van der Waals surface area contributed by atoms with Gasteiger partial charge in [-0.2, -0.15) is 0 Å². The maximum absolute atomic E-state index is 3.61. The number of halogens is 2. The summed E-state index contributed by atoms with van der Waals surface area (Å²) in [6.45, 7) is 4.56. The minimum absolute atomic E-state index is 1.16. The van der Waals surface area contributed by atoms with Gasteiger partial charge in [-0.1, -0.05) is 19.8 Å². The number of nitrogens with one attached hydrogen (secondary N) is 1. The van der Waals surface area contributed by atoms with Crippen LogP contribution in [0.15, 0.2) is 13.6 Å². The molecule has 1 aromatic heterocycles. The van der Waals surface area contributed by atoms with Crippen molar-refractivity contribution in [3.63, 3.8) is 0 Å². The van der Waals surface area contributed by atoms with Crippen molar-refractivity contribution in [2.45, 2.75) is 45.4 Å². The first kappa shape index (κ1) is 15.7. The van der Waals surface area contributed by atoms with E-state index < -0.39 is 0 Å². The molecule has 0 atom stereocenters. The molecule has 1 aromatic rings. The summed E-state index contributed by atoms with van der Waals surface area (Å²) in [5, 5.41) is 3.44. The topological polar surface area (TPSA) is 12.0 Å². The average Bonchev–Trinajstić information content (AvgIpc) is 2.61. The Balaban J connectivity index is 1.99. The summed E-state index contributed by atoms with van der Waals surface area (Å²) in [5.41, 5.74) is 1.45. The highest BCUT2D eigenvalue weighted by atomic mass is 79.9. The molecule has 0 unspecified atom stereocenters. The summed E-state index contributed by atoms with van der Waals surface area (Å²) < 4.78 is 2.51.